The van der Waals surface area contributed by atoms with E-state index >= 15 is 0 Å². The number of carboxylic acid groups (broad SMARTS) is 1. The molecular weight excluding hydrogens is 264 g/mol. The van der Waals surface area contributed by atoms with Crippen LogP contribution < -0.4 is 0 Å². The lowest BCUT2D eigenvalue weighted by atomic mass is 9.89. The molecule has 0 fully saturated rings. The molecule has 1 N–H and O–H groups in total. The molecule has 1 heterocycles. The number of hydrogen-bond donors (Lipinski definition) is 1. The van der Waals surface area contributed by atoms with Gasteiger partial charge in [0.15, 0.2) is 0 Å². The van der Waals surface area contributed by atoms with Gasteiger partial charge >= 0.3 is 5.97 Å². The summed E-state index contributed by atoms with van der Waals surface area (Å²) in [6.45, 7) is 4.88. The highest BCUT2D eigenvalue weighted by Gasteiger charge is 2.36. The van der Waals surface area contributed by atoms with Crippen molar-refractivity contribution in [2.24, 2.45) is 5.41 Å². The molecule has 0 saturated carbocycles. The zero-order chi connectivity index (χ0) is 14.4. The van der Waals surface area contributed by atoms with Crippen LogP contribution in [0.15, 0.2) is 28.0 Å². The maximum atomic E-state index is 12.4. The lowest BCUT2D eigenvalue weighted by Gasteiger charge is -2.19. The van der Waals surface area contributed by atoms with Crippen LogP contribution in [0, 0.1) is 12.3 Å². The fourth-order valence-corrected chi connectivity index (χ4v) is 3.94. The summed E-state index contributed by atoms with van der Waals surface area (Å²) in [5.74, 6) is -1.00. The number of aliphatic carboxylic acids is 1. The van der Waals surface area contributed by atoms with Gasteiger partial charge in [0, 0.05) is 0 Å². The average molecular weight is 280 g/mol. The number of carbonyl (C=O) groups is 1. The first-order valence-electron chi connectivity index (χ1n) is 5.94. The molecule has 5 heteroatoms. The first kappa shape index (κ1) is 13.8. The van der Waals surface area contributed by atoms with E-state index in [9.17, 15) is 13.2 Å². The van der Waals surface area contributed by atoms with Gasteiger partial charge in [0.1, 0.15) is 0 Å². The Labute approximate surface area is 112 Å². The van der Waals surface area contributed by atoms with Crippen molar-refractivity contribution in [3.8, 4) is 0 Å². The molecule has 1 aromatic carbocycles. The molecule has 19 heavy (non-hydrogen) atoms. The van der Waals surface area contributed by atoms with Crippen LogP contribution in [0.2, 0.25) is 0 Å². The average Bonchev–Trinajstić information content (AvgIpc) is 2.51. The van der Waals surface area contributed by atoms with E-state index in [1.54, 1.807) is 18.2 Å². The van der Waals surface area contributed by atoms with Crippen LogP contribution in [0.4, 0.5) is 0 Å². The predicted molar refractivity (Wildman–Crippen MR) is 72.4 cm³/mol. The molecule has 1 aromatic rings. The van der Waals surface area contributed by atoms with Crippen molar-refractivity contribution in [1.29, 1.82) is 0 Å². The quantitative estimate of drug-likeness (QED) is 0.923. The number of benzene rings is 1. The molecule has 102 valence electrons. The zero-order valence-electron chi connectivity index (χ0n) is 11.1. The van der Waals surface area contributed by atoms with Gasteiger partial charge in [0.2, 0.25) is 9.84 Å². The minimum Gasteiger partial charge on any atom is -0.481 e. The Balaban J connectivity index is 2.45. The Morgan fingerprint density at radius 1 is 1.32 bits per heavy atom. The Hall–Kier alpha value is -1.62. The Kier molecular flexibility index (Phi) is 3.05. The third-order valence-corrected chi connectivity index (χ3v) is 5.20. The normalized spacial score (nSPS) is 16.9. The number of carboxylic acids is 1. The van der Waals surface area contributed by atoms with Crippen LogP contribution in [0.1, 0.15) is 31.4 Å². The summed E-state index contributed by atoms with van der Waals surface area (Å²) in [4.78, 5) is 11.6. The summed E-state index contributed by atoms with van der Waals surface area (Å²) in [5.41, 5.74) is 0.409. The number of fused-ring (bicyclic) bond motifs is 1. The minimum absolute atomic E-state index is 0.00159. The van der Waals surface area contributed by atoms with E-state index in [2.05, 4.69) is 0 Å². The second-order valence-electron chi connectivity index (χ2n) is 5.52. The number of rotatable bonds is 3. The summed E-state index contributed by atoms with van der Waals surface area (Å²) in [6.07, 6.45) is 1.58. The van der Waals surface area contributed by atoms with Crippen molar-refractivity contribution >= 4 is 21.9 Å². The van der Waals surface area contributed by atoms with Gasteiger partial charge in [0.25, 0.3) is 0 Å². The molecule has 1 aliphatic rings. The monoisotopic (exact) mass is 280 g/mol. The first-order valence-corrected chi connectivity index (χ1v) is 7.42. The minimum atomic E-state index is -3.54. The van der Waals surface area contributed by atoms with Crippen LogP contribution in [0.25, 0.3) is 6.08 Å². The van der Waals surface area contributed by atoms with Crippen LogP contribution in [-0.4, -0.2) is 19.5 Å². The largest absolute Gasteiger partial charge is 0.481 e. The van der Waals surface area contributed by atoms with Crippen LogP contribution in [-0.2, 0) is 14.6 Å². The highest BCUT2D eigenvalue weighted by Crippen LogP contribution is 2.39. The molecule has 2 rings (SSSR count). The first-order chi connectivity index (χ1) is 8.64. The summed E-state index contributed by atoms with van der Waals surface area (Å²) in [6, 6.07) is 5.22. The zero-order valence-corrected chi connectivity index (χ0v) is 11.9. The van der Waals surface area contributed by atoms with E-state index in [1.165, 1.54) is 13.8 Å². The van der Waals surface area contributed by atoms with E-state index in [0.717, 1.165) is 5.56 Å². The van der Waals surface area contributed by atoms with Gasteiger partial charge in [-0.25, -0.2) is 8.42 Å². The summed E-state index contributed by atoms with van der Waals surface area (Å²) in [5, 5.41) is 9.11. The van der Waals surface area contributed by atoms with Crippen molar-refractivity contribution < 1.29 is 18.3 Å². The Bertz CT molecular complexity index is 681. The van der Waals surface area contributed by atoms with E-state index < -0.39 is 21.2 Å². The highest BCUT2D eigenvalue weighted by molar-refractivity contribution is 7.95. The van der Waals surface area contributed by atoms with Gasteiger partial charge in [-0.1, -0.05) is 12.1 Å². The molecule has 0 radical (unpaired) electrons. The predicted octanol–water partition coefficient (Wildman–Crippen LogP) is 2.62. The van der Waals surface area contributed by atoms with Gasteiger partial charge in [-0.05, 0) is 50.5 Å². The molecule has 0 aromatic heterocycles. The van der Waals surface area contributed by atoms with E-state index in [-0.39, 0.29) is 16.2 Å². The standard InChI is InChI=1S/C14H16O4S/c1-9-4-5-10-7-11(8-14(2,3)13(15)16)19(17,18)12(10)6-9/h4-7H,8H2,1-3H3,(H,15,16). The second-order valence-corrected chi connectivity index (χ2v) is 7.49. The van der Waals surface area contributed by atoms with E-state index in [1.807, 2.05) is 13.0 Å². The molecule has 0 unspecified atom stereocenters. The maximum absolute atomic E-state index is 12.4. The van der Waals surface area contributed by atoms with E-state index in [0.29, 0.717) is 5.56 Å². The van der Waals surface area contributed by atoms with Gasteiger partial charge in [-0.15, -0.1) is 0 Å². The molecule has 0 spiro atoms. The number of aryl methyl sites for hydroxylation is 1. The van der Waals surface area contributed by atoms with E-state index in [4.69, 9.17) is 5.11 Å². The molecule has 4 nitrogen and oxygen atoms in total. The van der Waals surface area contributed by atoms with Crippen molar-refractivity contribution in [2.75, 3.05) is 0 Å². The summed E-state index contributed by atoms with van der Waals surface area (Å²) < 4.78 is 24.8. The van der Waals surface area contributed by atoms with Gasteiger partial charge in [0.05, 0.1) is 15.2 Å². The molecule has 1 aliphatic heterocycles. The van der Waals surface area contributed by atoms with Gasteiger partial charge in [-0.3, -0.25) is 4.79 Å². The lowest BCUT2D eigenvalue weighted by Crippen LogP contribution is -2.25. The van der Waals surface area contributed by atoms with Crippen molar-refractivity contribution in [3.05, 3.63) is 34.2 Å². The molecule has 0 atom stereocenters. The van der Waals surface area contributed by atoms with Crippen LogP contribution in [0.3, 0.4) is 0 Å². The SMILES string of the molecule is Cc1ccc2c(c1)S(=O)(=O)C(CC(C)(C)C(=O)O)=C2. The lowest BCUT2D eigenvalue weighted by molar-refractivity contribution is -0.146. The topological polar surface area (TPSA) is 71.4 Å². The highest BCUT2D eigenvalue weighted by atomic mass is 32.2. The maximum Gasteiger partial charge on any atom is 0.309 e. The number of hydrogen-bond acceptors (Lipinski definition) is 3. The summed E-state index contributed by atoms with van der Waals surface area (Å²) >= 11 is 0. The Morgan fingerprint density at radius 2 is 1.95 bits per heavy atom. The van der Waals surface area contributed by atoms with Crippen molar-refractivity contribution in [3.63, 3.8) is 0 Å². The number of sulfone groups is 1. The van der Waals surface area contributed by atoms with Crippen LogP contribution in [0.5, 0.6) is 0 Å². The van der Waals surface area contributed by atoms with Crippen LogP contribution >= 0.6 is 0 Å². The fourth-order valence-electron chi connectivity index (χ4n) is 2.04. The fraction of sp³-hybridized carbons (Fsp3) is 0.357. The van der Waals surface area contributed by atoms with Gasteiger partial charge in [-0.2, -0.15) is 0 Å². The summed E-state index contributed by atoms with van der Waals surface area (Å²) in [7, 11) is -3.54. The number of allylic oxidation sites excluding steroid dienone is 1. The third kappa shape index (κ3) is 2.30. The van der Waals surface area contributed by atoms with Crippen molar-refractivity contribution in [1.82, 2.24) is 0 Å². The van der Waals surface area contributed by atoms with Gasteiger partial charge < -0.3 is 5.11 Å². The van der Waals surface area contributed by atoms with Crippen molar-refractivity contribution in [2.45, 2.75) is 32.1 Å². The molecule has 0 bridgehead atoms. The molecule has 0 amide bonds. The molecular formula is C14H16O4S. The smallest absolute Gasteiger partial charge is 0.309 e. The third-order valence-electron chi connectivity index (χ3n) is 3.32. The second kappa shape index (κ2) is 4.20. The molecule has 0 saturated heterocycles. The Morgan fingerprint density at radius 3 is 2.53 bits per heavy atom. The molecule has 0 aliphatic carbocycles.